The van der Waals surface area contributed by atoms with E-state index in [2.05, 4.69) is 12.2 Å². The first-order valence-electron chi connectivity index (χ1n) is 10.6. The molecule has 0 spiro atoms. The molecule has 0 aliphatic rings. The Morgan fingerprint density at radius 2 is 1.13 bits per heavy atom. The smallest absolute Gasteiger partial charge is 0.221 e. The van der Waals surface area contributed by atoms with Crippen molar-refractivity contribution in [2.24, 2.45) is 0 Å². The van der Waals surface area contributed by atoms with Crippen LogP contribution in [-0.4, -0.2) is 78.6 Å². The molecular weight excluding hydrogens is 390 g/mol. The lowest BCUT2D eigenvalue weighted by molar-refractivity contribution is -0.114. The first kappa shape index (κ1) is 26.3. The molecule has 0 radical (unpaired) electrons. The van der Waals surface area contributed by atoms with Gasteiger partial charge < -0.3 is 33.7 Å². The molecule has 0 bridgehead atoms. The molecule has 1 N–H and O–H groups in total. The van der Waals surface area contributed by atoms with Gasteiger partial charge in [0.15, 0.2) is 0 Å². The first-order valence-corrected chi connectivity index (χ1v) is 10.6. The van der Waals surface area contributed by atoms with Gasteiger partial charge in [0.1, 0.15) is 12.4 Å². The summed E-state index contributed by atoms with van der Waals surface area (Å²) in [6.45, 7) is 9.80. The molecule has 1 aromatic carbocycles. The summed E-state index contributed by atoms with van der Waals surface area (Å²) < 4.78 is 32.7. The molecule has 0 heterocycles. The number of hydrogen-bond acceptors (Lipinski definition) is 7. The van der Waals surface area contributed by atoms with Gasteiger partial charge in [-0.3, -0.25) is 4.79 Å². The Morgan fingerprint density at radius 3 is 1.57 bits per heavy atom. The number of carbonyl (C=O) groups is 1. The molecular formula is C22H37NO7. The Hall–Kier alpha value is -1.71. The molecule has 8 nitrogen and oxygen atoms in total. The molecule has 0 aliphatic carbocycles. The van der Waals surface area contributed by atoms with E-state index < -0.39 is 0 Å². The van der Waals surface area contributed by atoms with Crippen molar-refractivity contribution in [3.8, 4) is 5.75 Å². The fourth-order valence-electron chi connectivity index (χ4n) is 2.28. The van der Waals surface area contributed by atoms with Crippen molar-refractivity contribution in [2.75, 3.05) is 78.0 Å². The van der Waals surface area contributed by atoms with E-state index in [1.165, 1.54) is 6.92 Å². The van der Waals surface area contributed by atoms with Crippen molar-refractivity contribution in [1.82, 2.24) is 0 Å². The van der Waals surface area contributed by atoms with Gasteiger partial charge in [0.05, 0.1) is 59.5 Å². The molecule has 1 aromatic rings. The quantitative estimate of drug-likeness (QED) is 0.320. The van der Waals surface area contributed by atoms with Crippen molar-refractivity contribution in [3.05, 3.63) is 24.3 Å². The zero-order valence-electron chi connectivity index (χ0n) is 18.4. The number of nitrogens with one attached hydrogen (secondary N) is 1. The van der Waals surface area contributed by atoms with Crippen molar-refractivity contribution in [3.63, 3.8) is 0 Å². The Labute approximate surface area is 180 Å². The summed E-state index contributed by atoms with van der Waals surface area (Å²) in [7, 11) is 0. The van der Waals surface area contributed by atoms with Crippen LogP contribution in [0.5, 0.6) is 5.75 Å². The van der Waals surface area contributed by atoms with Gasteiger partial charge in [-0.1, -0.05) is 13.3 Å². The summed E-state index contributed by atoms with van der Waals surface area (Å²) in [6.07, 6.45) is 2.24. The Bertz CT molecular complexity index is 525. The van der Waals surface area contributed by atoms with Crippen molar-refractivity contribution < 1.29 is 33.2 Å². The third-order valence-corrected chi connectivity index (χ3v) is 3.80. The Morgan fingerprint density at radius 1 is 0.700 bits per heavy atom. The van der Waals surface area contributed by atoms with E-state index in [1.54, 1.807) is 24.3 Å². The third kappa shape index (κ3) is 16.1. The third-order valence-electron chi connectivity index (χ3n) is 3.80. The van der Waals surface area contributed by atoms with E-state index in [0.29, 0.717) is 66.1 Å². The van der Waals surface area contributed by atoms with Crippen LogP contribution in [0.4, 0.5) is 5.69 Å². The van der Waals surface area contributed by atoms with E-state index in [4.69, 9.17) is 28.4 Å². The molecule has 172 valence electrons. The van der Waals surface area contributed by atoms with E-state index in [-0.39, 0.29) is 5.91 Å². The molecule has 0 aliphatic heterocycles. The zero-order chi connectivity index (χ0) is 21.7. The number of anilines is 1. The van der Waals surface area contributed by atoms with Crippen LogP contribution in [0, 0.1) is 0 Å². The van der Waals surface area contributed by atoms with E-state index in [1.807, 2.05) is 0 Å². The lowest BCUT2D eigenvalue weighted by atomic mass is 10.3. The minimum atomic E-state index is -0.0982. The van der Waals surface area contributed by atoms with Gasteiger partial charge in [0.25, 0.3) is 0 Å². The fourth-order valence-corrected chi connectivity index (χ4v) is 2.28. The van der Waals surface area contributed by atoms with Gasteiger partial charge in [-0.25, -0.2) is 0 Å². The second-order valence-electron chi connectivity index (χ2n) is 6.47. The number of unbranched alkanes of at least 4 members (excludes halogenated alkanes) is 1. The van der Waals surface area contributed by atoms with Gasteiger partial charge in [0, 0.05) is 19.2 Å². The van der Waals surface area contributed by atoms with Gasteiger partial charge in [-0.05, 0) is 30.7 Å². The number of ether oxygens (including phenoxy) is 6. The highest BCUT2D eigenvalue weighted by molar-refractivity contribution is 5.88. The molecule has 0 saturated heterocycles. The van der Waals surface area contributed by atoms with E-state index >= 15 is 0 Å². The summed E-state index contributed by atoms with van der Waals surface area (Å²) in [5, 5.41) is 2.71. The van der Waals surface area contributed by atoms with Crippen molar-refractivity contribution >= 4 is 11.6 Å². The predicted octanol–water partition coefficient (Wildman–Crippen LogP) is 2.91. The van der Waals surface area contributed by atoms with Crippen LogP contribution in [0.25, 0.3) is 0 Å². The summed E-state index contributed by atoms with van der Waals surface area (Å²) in [6, 6.07) is 7.20. The number of benzene rings is 1. The topological polar surface area (TPSA) is 84.5 Å². The van der Waals surface area contributed by atoms with Gasteiger partial charge >= 0.3 is 0 Å². The summed E-state index contributed by atoms with van der Waals surface area (Å²) in [5.41, 5.74) is 0.743. The van der Waals surface area contributed by atoms with Crippen LogP contribution >= 0.6 is 0 Å². The number of carbonyl (C=O) groups excluding carboxylic acids is 1. The summed E-state index contributed by atoms with van der Waals surface area (Å²) in [5.74, 6) is 0.632. The summed E-state index contributed by atoms with van der Waals surface area (Å²) in [4.78, 5) is 11.0. The normalized spacial score (nSPS) is 10.9. The van der Waals surface area contributed by atoms with E-state index in [9.17, 15) is 4.79 Å². The minimum absolute atomic E-state index is 0.0982. The van der Waals surface area contributed by atoms with Gasteiger partial charge in [-0.2, -0.15) is 0 Å². The standard InChI is InChI=1S/C22H37NO7/c1-3-4-9-25-10-11-26-12-13-27-14-15-28-16-17-29-18-19-30-22-7-5-21(6-8-22)23-20(2)24/h5-8H,3-4,9-19H2,1-2H3,(H,23,24). The van der Waals surface area contributed by atoms with Gasteiger partial charge in [0.2, 0.25) is 5.91 Å². The number of amides is 1. The first-order chi connectivity index (χ1) is 14.7. The second-order valence-corrected chi connectivity index (χ2v) is 6.47. The Balaban J connectivity index is 1.79. The molecule has 8 heteroatoms. The predicted molar refractivity (Wildman–Crippen MR) is 115 cm³/mol. The molecule has 0 fully saturated rings. The van der Waals surface area contributed by atoms with E-state index in [0.717, 1.165) is 30.9 Å². The molecule has 1 rings (SSSR count). The lowest BCUT2D eigenvalue weighted by Gasteiger charge is -2.09. The average Bonchev–Trinajstić information content (AvgIpc) is 2.73. The maximum atomic E-state index is 11.0. The minimum Gasteiger partial charge on any atom is -0.491 e. The highest BCUT2D eigenvalue weighted by atomic mass is 16.6. The lowest BCUT2D eigenvalue weighted by Crippen LogP contribution is -2.14. The highest BCUT2D eigenvalue weighted by Crippen LogP contribution is 2.15. The molecule has 1 amide bonds. The van der Waals surface area contributed by atoms with Crippen LogP contribution in [0.15, 0.2) is 24.3 Å². The molecule has 0 unspecified atom stereocenters. The number of hydrogen-bond donors (Lipinski definition) is 1. The Kier molecular flexibility index (Phi) is 16.9. The highest BCUT2D eigenvalue weighted by Gasteiger charge is 1.98. The zero-order valence-corrected chi connectivity index (χ0v) is 18.4. The largest absolute Gasteiger partial charge is 0.491 e. The van der Waals surface area contributed by atoms with Crippen molar-refractivity contribution in [2.45, 2.75) is 26.7 Å². The monoisotopic (exact) mass is 427 g/mol. The molecule has 0 saturated carbocycles. The average molecular weight is 428 g/mol. The van der Waals surface area contributed by atoms with Crippen LogP contribution in [0.3, 0.4) is 0 Å². The van der Waals surface area contributed by atoms with Crippen LogP contribution in [0.1, 0.15) is 26.7 Å². The summed E-state index contributed by atoms with van der Waals surface area (Å²) >= 11 is 0. The van der Waals surface area contributed by atoms with Crippen LogP contribution < -0.4 is 10.1 Å². The molecule has 0 aromatic heterocycles. The maximum absolute atomic E-state index is 11.0. The van der Waals surface area contributed by atoms with Crippen LogP contribution in [-0.2, 0) is 28.5 Å². The SMILES string of the molecule is CCCCOCCOCCOCCOCCOCCOc1ccc(NC(C)=O)cc1. The number of rotatable bonds is 20. The second kappa shape index (κ2) is 19.3. The fraction of sp³-hybridized carbons (Fsp3) is 0.682. The molecule has 30 heavy (non-hydrogen) atoms. The maximum Gasteiger partial charge on any atom is 0.221 e. The van der Waals surface area contributed by atoms with Gasteiger partial charge in [-0.15, -0.1) is 0 Å². The molecule has 0 atom stereocenters. The van der Waals surface area contributed by atoms with Crippen molar-refractivity contribution in [1.29, 1.82) is 0 Å². The van der Waals surface area contributed by atoms with Crippen LogP contribution in [0.2, 0.25) is 0 Å².